The fraction of sp³-hybridized carbons (Fsp3) is 0.136. The lowest BCUT2D eigenvalue weighted by molar-refractivity contribution is 0.462. The van der Waals surface area contributed by atoms with E-state index in [0.29, 0.717) is 0 Å². The number of rotatable bonds is 2. The third-order valence-corrected chi connectivity index (χ3v) is 5.30. The second kappa shape index (κ2) is 5.71. The van der Waals surface area contributed by atoms with E-state index >= 15 is 0 Å². The Bertz CT molecular complexity index is 1000. The lowest BCUT2D eigenvalue weighted by Crippen LogP contribution is -2.44. The number of nitrogens with one attached hydrogen (secondary N) is 1. The summed E-state index contributed by atoms with van der Waals surface area (Å²) in [5.41, 5.74) is 4.42. The van der Waals surface area contributed by atoms with Gasteiger partial charge < -0.3 is 4.57 Å². The monoisotopic (exact) mass is 340 g/mol. The van der Waals surface area contributed by atoms with Crippen LogP contribution in [0.15, 0.2) is 85.2 Å². The predicted octanol–water partition coefficient (Wildman–Crippen LogP) is 3.61. The normalized spacial score (nSPS) is 15.1. The van der Waals surface area contributed by atoms with Crippen LogP contribution in [0.4, 0.5) is 0 Å². The smallest absolute Gasteiger partial charge is 0.139 e. The van der Waals surface area contributed by atoms with E-state index in [1.807, 2.05) is 17.9 Å². The highest BCUT2D eigenvalue weighted by molar-refractivity contribution is 5.52. The van der Waals surface area contributed by atoms with E-state index in [1.54, 1.807) is 0 Å². The molecule has 0 amide bonds. The molecule has 0 bridgehead atoms. The molecule has 0 spiro atoms. The Morgan fingerprint density at radius 1 is 0.885 bits per heavy atom. The minimum absolute atomic E-state index is 0.426. The van der Waals surface area contributed by atoms with Gasteiger partial charge in [0.2, 0.25) is 0 Å². The zero-order chi connectivity index (χ0) is 17.6. The number of aryl methyl sites for hydroxylation is 1. The molecule has 1 aliphatic rings. The van der Waals surface area contributed by atoms with E-state index < -0.39 is 5.54 Å². The van der Waals surface area contributed by atoms with Gasteiger partial charge >= 0.3 is 0 Å². The molecule has 0 saturated heterocycles. The van der Waals surface area contributed by atoms with E-state index in [2.05, 4.69) is 94.0 Å². The number of aromatic nitrogens is 3. The molecule has 4 heteroatoms. The predicted molar refractivity (Wildman–Crippen MR) is 102 cm³/mol. The first-order valence-electron chi connectivity index (χ1n) is 8.86. The minimum atomic E-state index is -0.426. The molecule has 1 N–H and O–H groups in total. The van der Waals surface area contributed by atoms with Crippen LogP contribution in [0.3, 0.4) is 0 Å². The Hall–Kier alpha value is -3.11. The van der Waals surface area contributed by atoms with Gasteiger partial charge in [-0.1, -0.05) is 60.7 Å². The first-order valence-corrected chi connectivity index (χ1v) is 8.86. The third-order valence-electron chi connectivity index (χ3n) is 5.30. The molecule has 0 saturated carbocycles. The Morgan fingerprint density at radius 2 is 1.54 bits per heavy atom. The van der Waals surface area contributed by atoms with Gasteiger partial charge in [-0.25, -0.2) is 0 Å². The molecule has 128 valence electrons. The second-order valence-corrected chi connectivity index (χ2v) is 6.72. The lowest BCUT2D eigenvalue weighted by atomic mass is 9.80. The zero-order valence-electron chi connectivity index (χ0n) is 14.6. The molecule has 2 aromatic heterocycles. The molecule has 0 unspecified atom stereocenters. The molecule has 0 atom stereocenters. The maximum atomic E-state index is 4.47. The number of fused-ring (bicyclic) bond motifs is 3. The molecule has 5 rings (SSSR count). The SMILES string of the molecule is Cn1ncc2c1-n1cccc1C(c1ccccc1)(c1ccccc1)NC2. The summed E-state index contributed by atoms with van der Waals surface area (Å²) in [6.45, 7) is 0.745. The summed E-state index contributed by atoms with van der Waals surface area (Å²) in [4.78, 5) is 0. The Labute approximate surface area is 152 Å². The molecular weight excluding hydrogens is 320 g/mol. The van der Waals surface area contributed by atoms with Crippen LogP contribution in [0.5, 0.6) is 0 Å². The van der Waals surface area contributed by atoms with Gasteiger partial charge in [0, 0.05) is 25.4 Å². The summed E-state index contributed by atoms with van der Waals surface area (Å²) >= 11 is 0. The van der Waals surface area contributed by atoms with Gasteiger partial charge in [-0.3, -0.25) is 10.00 Å². The van der Waals surface area contributed by atoms with Crippen molar-refractivity contribution in [2.45, 2.75) is 12.1 Å². The van der Waals surface area contributed by atoms with Gasteiger partial charge in [0.25, 0.3) is 0 Å². The fourth-order valence-electron chi connectivity index (χ4n) is 4.14. The molecule has 0 aliphatic carbocycles. The summed E-state index contributed by atoms with van der Waals surface area (Å²) < 4.78 is 4.22. The average molecular weight is 340 g/mol. The second-order valence-electron chi connectivity index (χ2n) is 6.72. The van der Waals surface area contributed by atoms with Crippen molar-refractivity contribution in [1.29, 1.82) is 0 Å². The molecular formula is C22H20N4. The first-order chi connectivity index (χ1) is 12.8. The largest absolute Gasteiger partial charge is 0.303 e. The van der Waals surface area contributed by atoms with Crippen LogP contribution in [0.1, 0.15) is 22.4 Å². The van der Waals surface area contributed by atoms with Crippen LogP contribution in [0, 0.1) is 0 Å². The van der Waals surface area contributed by atoms with Gasteiger partial charge in [0.15, 0.2) is 0 Å². The summed E-state index contributed by atoms with van der Waals surface area (Å²) in [6.07, 6.45) is 4.08. The zero-order valence-corrected chi connectivity index (χ0v) is 14.6. The van der Waals surface area contributed by atoms with E-state index in [-0.39, 0.29) is 0 Å². The van der Waals surface area contributed by atoms with Crippen LogP contribution < -0.4 is 5.32 Å². The van der Waals surface area contributed by atoms with E-state index in [1.165, 1.54) is 22.4 Å². The van der Waals surface area contributed by atoms with Crippen molar-refractivity contribution in [2.75, 3.05) is 0 Å². The van der Waals surface area contributed by atoms with Crippen LogP contribution in [0.2, 0.25) is 0 Å². The van der Waals surface area contributed by atoms with Crippen LogP contribution >= 0.6 is 0 Å². The topological polar surface area (TPSA) is 34.8 Å². The van der Waals surface area contributed by atoms with E-state index in [4.69, 9.17) is 0 Å². The van der Waals surface area contributed by atoms with Gasteiger partial charge in [-0.15, -0.1) is 0 Å². The van der Waals surface area contributed by atoms with Gasteiger partial charge in [0.1, 0.15) is 11.4 Å². The Kier molecular flexibility index (Phi) is 3.33. The van der Waals surface area contributed by atoms with E-state index in [0.717, 1.165) is 12.4 Å². The summed E-state index contributed by atoms with van der Waals surface area (Å²) in [7, 11) is 2.00. The minimum Gasteiger partial charge on any atom is -0.303 e. The van der Waals surface area contributed by atoms with Crippen molar-refractivity contribution in [3.05, 3.63) is 108 Å². The van der Waals surface area contributed by atoms with E-state index in [9.17, 15) is 0 Å². The molecule has 26 heavy (non-hydrogen) atoms. The lowest BCUT2D eigenvalue weighted by Gasteiger charge is -2.35. The van der Waals surface area contributed by atoms with Crippen molar-refractivity contribution in [1.82, 2.24) is 19.7 Å². The van der Waals surface area contributed by atoms with Crippen LogP contribution in [0.25, 0.3) is 5.82 Å². The summed E-state index contributed by atoms with van der Waals surface area (Å²) in [5, 5.41) is 8.33. The third kappa shape index (κ3) is 2.02. The van der Waals surface area contributed by atoms with Gasteiger partial charge in [-0.2, -0.15) is 5.10 Å². The number of hydrogen-bond donors (Lipinski definition) is 1. The number of hydrogen-bond acceptors (Lipinski definition) is 2. The fourth-order valence-corrected chi connectivity index (χ4v) is 4.14. The Morgan fingerprint density at radius 3 is 2.19 bits per heavy atom. The summed E-state index contributed by atoms with van der Waals surface area (Å²) in [6, 6.07) is 25.7. The molecule has 3 heterocycles. The highest BCUT2D eigenvalue weighted by Crippen LogP contribution is 2.40. The van der Waals surface area contributed by atoms with Crippen molar-refractivity contribution < 1.29 is 0 Å². The molecule has 4 aromatic rings. The maximum absolute atomic E-state index is 4.47. The van der Waals surface area contributed by atoms with Gasteiger partial charge in [-0.05, 0) is 23.3 Å². The van der Waals surface area contributed by atoms with Crippen LogP contribution in [-0.4, -0.2) is 14.3 Å². The number of nitrogens with zero attached hydrogens (tertiary/aromatic N) is 3. The first kappa shape index (κ1) is 15.2. The van der Waals surface area contributed by atoms with Crippen molar-refractivity contribution in [3.63, 3.8) is 0 Å². The molecule has 1 aliphatic heterocycles. The maximum Gasteiger partial charge on any atom is 0.139 e. The number of benzene rings is 2. The highest BCUT2D eigenvalue weighted by Gasteiger charge is 2.40. The average Bonchev–Trinajstić information content (AvgIpc) is 3.28. The quantitative estimate of drug-likeness (QED) is 0.605. The molecule has 0 radical (unpaired) electrons. The van der Waals surface area contributed by atoms with Gasteiger partial charge in [0.05, 0.1) is 11.9 Å². The van der Waals surface area contributed by atoms with Crippen molar-refractivity contribution in [3.8, 4) is 5.82 Å². The molecule has 0 fully saturated rings. The van der Waals surface area contributed by atoms with Crippen molar-refractivity contribution >= 4 is 0 Å². The molecule has 4 nitrogen and oxygen atoms in total. The summed E-state index contributed by atoms with van der Waals surface area (Å²) in [5.74, 6) is 1.12. The highest BCUT2D eigenvalue weighted by atomic mass is 15.3. The van der Waals surface area contributed by atoms with Crippen LogP contribution in [-0.2, 0) is 19.1 Å². The molecule has 2 aromatic carbocycles. The Balaban J connectivity index is 1.86. The standard InChI is InChI=1S/C22H20N4/c1-25-21-17(16-24-25)15-23-22(18-9-4-2-5-10-18,19-11-6-3-7-12-19)20-13-8-14-26(20)21/h2-14,16,23H,15H2,1H3. The van der Waals surface area contributed by atoms with Crippen molar-refractivity contribution in [2.24, 2.45) is 7.05 Å².